The normalized spacial score (nSPS) is 12.9. The molecule has 1 aliphatic rings. The van der Waals surface area contributed by atoms with Crippen LogP contribution in [0, 0.1) is 0 Å². The summed E-state index contributed by atoms with van der Waals surface area (Å²) in [6.45, 7) is 0. The summed E-state index contributed by atoms with van der Waals surface area (Å²) in [5.74, 6) is 1.55. The number of benzene rings is 2. The Labute approximate surface area is 174 Å². The van der Waals surface area contributed by atoms with E-state index >= 15 is 0 Å². The summed E-state index contributed by atoms with van der Waals surface area (Å²) >= 11 is 7.72. The Morgan fingerprint density at radius 2 is 1.93 bits per heavy atom. The molecule has 1 amide bonds. The molecule has 0 fully saturated rings. The molecule has 3 heterocycles. The number of carbonyl (C=O) groups is 1. The molecule has 1 N–H and O–H groups in total. The average molecular weight is 424 g/mol. The lowest BCUT2D eigenvalue weighted by atomic mass is 10.1. The molecule has 0 saturated heterocycles. The fourth-order valence-electron chi connectivity index (χ4n) is 3.31. The quantitative estimate of drug-likeness (QED) is 0.486. The number of aromatic nitrogens is 2. The van der Waals surface area contributed by atoms with Crippen LogP contribution >= 0.6 is 23.4 Å². The van der Waals surface area contributed by atoms with Gasteiger partial charge in [-0.25, -0.2) is 9.48 Å². The van der Waals surface area contributed by atoms with Crippen LogP contribution in [0.5, 0.6) is 0 Å². The van der Waals surface area contributed by atoms with Crippen molar-refractivity contribution in [2.75, 3.05) is 5.32 Å². The summed E-state index contributed by atoms with van der Waals surface area (Å²) in [5, 5.41) is 8.83. The van der Waals surface area contributed by atoms with Gasteiger partial charge in [0.1, 0.15) is 17.0 Å². The molecule has 8 heteroatoms. The molecule has 0 unspecified atom stereocenters. The van der Waals surface area contributed by atoms with Crippen LogP contribution in [0.3, 0.4) is 0 Å². The number of carbonyl (C=O) groups excluding carboxylic acids is 1. The van der Waals surface area contributed by atoms with Crippen molar-refractivity contribution in [3.8, 4) is 5.69 Å². The molecule has 6 nitrogen and oxygen atoms in total. The molecule has 0 aliphatic carbocycles. The summed E-state index contributed by atoms with van der Waals surface area (Å²) in [7, 11) is 0. The van der Waals surface area contributed by atoms with Gasteiger partial charge in [-0.1, -0.05) is 29.8 Å². The van der Waals surface area contributed by atoms with Crippen LogP contribution in [-0.2, 0) is 11.5 Å². The van der Waals surface area contributed by atoms with Gasteiger partial charge in [0.15, 0.2) is 0 Å². The first-order chi connectivity index (χ1) is 14.1. The van der Waals surface area contributed by atoms with Crippen molar-refractivity contribution < 1.29 is 9.21 Å². The third-order valence-corrected chi connectivity index (χ3v) is 5.96. The van der Waals surface area contributed by atoms with Crippen LogP contribution in [0.25, 0.3) is 16.7 Å². The molecule has 1 aliphatic heterocycles. The Morgan fingerprint density at radius 3 is 2.76 bits per heavy atom. The van der Waals surface area contributed by atoms with Gasteiger partial charge in [-0.05, 0) is 36.4 Å². The first-order valence-corrected chi connectivity index (χ1v) is 10.4. The molecular weight excluding hydrogens is 410 g/mol. The summed E-state index contributed by atoms with van der Waals surface area (Å²) in [5.41, 5.74) is 2.37. The predicted octanol–water partition coefficient (Wildman–Crippen LogP) is 4.63. The fraction of sp³-hybridized carbons (Fsp3) is 0.0952. The second-order valence-electron chi connectivity index (χ2n) is 6.59. The lowest BCUT2D eigenvalue weighted by Gasteiger charge is -2.11. The first-order valence-electron chi connectivity index (χ1n) is 8.89. The van der Waals surface area contributed by atoms with E-state index in [2.05, 4.69) is 10.4 Å². The molecule has 5 rings (SSSR count). The highest BCUT2D eigenvalue weighted by Crippen LogP contribution is 2.36. The van der Waals surface area contributed by atoms with Crippen molar-refractivity contribution in [1.29, 1.82) is 0 Å². The van der Waals surface area contributed by atoms with E-state index in [1.807, 2.05) is 18.2 Å². The van der Waals surface area contributed by atoms with Gasteiger partial charge in [0.25, 0.3) is 5.91 Å². The molecule has 0 bridgehead atoms. The van der Waals surface area contributed by atoms with E-state index in [0.717, 1.165) is 28.5 Å². The van der Waals surface area contributed by atoms with E-state index in [1.165, 1.54) is 0 Å². The first kappa shape index (κ1) is 18.0. The maximum absolute atomic E-state index is 13.0. The van der Waals surface area contributed by atoms with Crippen LogP contribution in [-0.4, -0.2) is 15.7 Å². The van der Waals surface area contributed by atoms with E-state index in [-0.39, 0.29) is 5.56 Å². The monoisotopic (exact) mass is 423 g/mol. The second kappa shape index (κ2) is 7.09. The molecule has 2 aromatic heterocycles. The largest absolute Gasteiger partial charge is 0.422 e. The maximum Gasteiger partial charge on any atom is 0.349 e. The number of nitrogens with one attached hydrogen (secondary N) is 1. The summed E-state index contributed by atoms with van der Waals surface area (Å²) in [6, 6.07) is 15.8. The van der Waals surface area contributed by atoms with Gasteiger partial charge in [0.05, 0.1) is 11.4 Å². The van der Waals surface area contributed by atoms with Gasteiger partial charge in [0.2, 0.25) is 0 Å². The molecule has 0 saturated carbocycles. The van der Waals surface area contributed by atoms with Gasteiger partial charge in [-0.3, -0.25) is 4.79 Å². The fourth-order valence-corrected chi connectivity index (χ4v) is 4.47. The van der Waals surface area contributed by atoms with Gasteiger partial charge in [-0.15, -0.1) is 0 Å². The van der Waals surface area contributed by atoms with E-state index in [1.54, 1.807) is 52.8 Å². The van der Waals surface area contributed by atoms with Crippen molar-refractivity contribution in [2.45, 2.75) is 11.5 Å². The number of anilines is 1. The number of hydrogen-bond donors (Lipinski definition) is 1. The topological polar surface area (TPSA) is 77.1 Å². The zero-order valence-corrected chi connectivity index (χ0v) is 16.6. The smallest absolute Gasteiger partial charge is 0.349 e. The summed E-state index contributed by atoms with van der Waals surface area (Å²) in [6.07, 6.45) is 0. The van der Waals surface area contributed by atoms with Crippen molar-refractivity contribution in [3.63, 3.8) is 0 Å². The minimum atomic E-state index is -0.676. The molecule has 4 aromatic rings. The maximum atomic E-state index is 13.0. The number of amides is 1. The summed E-state index contributed by atoms with van der Waals surface area (Å²) < 4.78 is 6.98. The predicted molar refractivity (Wildman–Crippen MR) is 114 cm³/mol. The Balaban J connectivity index is 1.57. The van der Waals surface area contributed by atoms with Gasteiger partial charge >= 0.3 is 5.63 Å². The standard InChI is InChI=1S/C21H14ClN3O3S/c22-13-5-7-14(8-6-13)25-19(16-10-29-11-17(16)24-25)23-20(26)15-9-12-3-1-2-4-18(12)28-21(15)27/h1-9H,10-11H2,(H,23,26). The Bertz CT molecular complexity index is 1310. The summed E-state index contributed by atoms with van der Waals surface area (Å²) in [4.78, 5) is 25.3. The Hall–Kier alpha value is -3.03. The van der Waals surface area contributed by atoms with E-state index < -0.39 is 11.5 Å². The highest BCUT2D eigenvalue weighted by Gasteiger charge is 2.26. The Kier molecular flexibility index (Phi) is 4.41. The molecular formula is C21H14ClN3O3S. The van der Waals surface area contributed by atoms with Crippen molar-refractivity contribution >= 4 is 46.1 Å². The van der Waals surface area contributed by atoms with Gasteiger partial charge < -0.3 is 9.73 Å². The minimum Gasteiger partial charge on any atom is -0.422 e. The Morgan fingerprint density at radius 1 is 1.14 bits per heavy atom. The zero-order chi connectivity index (χ0) is 20.0. The third kappa shape index (κ3) is 3.22. The number of para-hydroxylation sites is 1. The van der Waals surface area contributed by atoms with Crippen LogP contribution in [0.15, 0.2) is 63.8 Å². The number of nitrogens with zero attached hydrogens (tertiary/aromatic N) is 2. The molecule has 0 radical (unpaired) electrons. The SMILES string of the molecule is O=C(Nc1c2c(nn1-c1ccc(Cl)cc1)CSC2)c1cc2ccccc2oc1=O. The molecule has 2 aromatic carbocycles. The molecule has 144 valence electrons. The third-order valence-electron chi connectivity index (χ3n) is 4.74. The van der Waals surface area contributed by atoms with Crippen LogP contribution in [0.4, 0.5) is 5.82 Å². The van der Waals surface area contributed by atoms with Crippen molar-refractivity contribution in [2.24, 2.45) is 0 Å². The number of thioether (sulfide) groups is 1. The molecule has 0 atom stereocenters. The highest BCUT2D eigenvalue weighted by molar-refractivity contribution is 7.98. The molecule has 29 heavy (non-hydrogen) atoms. The average Bonchev–Trinajstić information content (AvgIpc) is 3.31. The van der Waals surface area contributed by atoms with E-state index in [0.29, 0.717) is 21.8 Å². The van der Waals surface area contributed by atoms with Crippen LogP contribution in [0.1, 0.15) is 21.6 Å². The van der Waals surface area contributed by atoms with Crippen LogP contribution in [0.2, 0.25) is 5.02 Å². The minimum absolute atomic E-state index is 0.0491. The van der Waals surface area contributed by atoms with Crippen LogP contribution < -0.4 is 10.9 Å². The molecule has 0 spiro atoms. The van der Waals surface area contributed by atoms with E-state index in [4.69, 9.17) is 16.0 Å². The number of hydrogen-bond acceptors (Lipinski definition) is 5. The highest BCUT2D eigenvalue weighted by atomic mass is 35.5. The number of halogens is 1. The number of fused-ring (bicyclic) bond motifs is 2. The number of rotatable bonds is 3. The van der Waals surface area contributed by atoms with Crippen molar-refractivity contribution in [3.05, 3.63) is 86.9 Å². The van der Waals surface area contributed by atoms with Crippen molar-refractivity contribution in [1.82, 2.24) is 9.78 Å². The lowest BCUT2D eigenvalue weighted by molar-refractivity contribution is 0.102. The van der Waals surface area contributed by atoms with Gasteiger partial charge in [-0.2, -0.15) is 16.9 Å². The van der Waals surface area contributed by atoms with E-state index in [9.17, 15) is 9.59 Å². The lowest BCUT2D eigenvalue weighted by Crippen LogP contribution is -2.22. The second-order valence-corrected chi connectivity index (χ2v) is 8.02. The van der Waals surface area contributed by atoms with Gasteiger partial charge in [0, 0.05) is 27.5 Å². The zero-order valence-electron chi connectivity index (χ0n) is 15.0.